The van der Waals surface area contributed by atoms with Gasteiger partial charge in [0.25, 0.3) is 0 Å². The van der Waals surface area contributed by atoms with Gasteiger partial charge in [0.15, 0.2) is 5.16 Å². The summed E-state index contributed by atoms with van der Waals surface area (Å²) >= 11 is 9.46. The Morgan fingerprint density at radius 1 is 0.966 bits per heavy atom. The summed E-state index contributed by atoms with van der Waals surface area (Å²) in [5.74, 6) is 3.74. The summed E-state index contributed by atoms with van der Waals surface area (Å²) in [5.41, 5.74) is 1.28. The Morgan fingerprint density at radius 3 is 2.45 bits per heavy atom. The van der Waals surface area contributed by atoms with E-state index in [2.05, 4.69) is 52.9 Å². The summed E-state index contributed by atoms with van der Waals surface area (Å²) in [6.07, 6.45) is 2.08. The van der Waals surface area contributed by atoms with Gasteiger partial charge in [-0.05, 0) is 63.1 Å². The normalized spacial score (nSPS) is 11.0. The molecule has 0 atom stereocenters. The second-order valence-corrected chi connectivity index (χ2v) is 9.15. The van der Waals surface area contributed by atoms with Crippen molar-refractivity contribution in [1.29, 1.82) is 0 Å². The van der Waals surface area contributed by atoms with Gasteiger partial charge >= 0.3 is 0 Å². The van der Waals surface area contributed by atoms with Crippen LogP contribution in [0.25, 0.3) is 0 Å². The van der Waals surface area contributed by atoms with Gasteiger partial charge in [0.1, 0.15) is 11.6 Å². The van der Waals surface area contributed by atoms with Gasteiger partial charge in [-0.25, -0.2) is 0 Å². The van der Waals surface area contributed by atoms with Crippen LogP contribution in [0.15, 0.2) is 58.6 Å². The predicted octanol–water partition coefficient (Wildman–Crippen LogP) is 6.50. The summed E-state index contributed by atoms with van der Waals surface area (Å²) < 4.78 is 7.96. The minimum Gasteiger partial charge on any atom is -0.494 e. The van der Waals surface area contributed by atoms with Crippen molar-refractivity contribution < 1.29 is 4.74 Å². The molecule has 0 spiro atoms. The summed E-state index contributed by atoms with van der Waals surface area (Å²) in [5, 5.41) is 10.6. The van der Waals surface area contributed by atoms with Gasteiger partial charge in [-0.1, -0.05) is 41.1 Å². The molecular weight excluding hydrogens is 422 g/mol. The van der Waals surface area contributed by atoms with Crippen molar-refractivity contribution in [3.63, 3.8) is 0 Å². The van der Waals surface area contributed by atoms with Crippen LogP contribution in [-0.2, 0) is 12.3 Å². The Kier molecular flexibility index (Phi) is 8.77. The maximum atomic E-state index is 5.88. The van der Waals surface area contributed by atoms with Gasteiger partial charge < -0.3 is 9.30 Å². The highest BCUT2D eigenvalue weighted by atomic mass is 35.5. The fourth-order valence-electron chi connectivity index (χ4n) is 2.72. The van der Waals surface area contributed by atoms with E-state index in [0.717, 1.165) is 52.6 Å². The molecule has 0 aliphatic carbocycles. The average molecular weight is 448 g/mol. The molecule has 0 aliphatic rings. The first-order valence-corrected chi connectivity index (χ1v) is 12.1. The fraction of sp³-hybridized carbons (Fsp3) is 0.364. The number of thioether (sulfide) groups is 2. The molecule has 3 aromatic rings. The molecule has 0 radical (unpaired) electrons. The van der Waals surface area contributed by atoms with E-state index in [1.165, 1.54) is 10.5 Å². The molecule has 3 rings (SSSR count). The Balaban J connectivity index is 1.40. The van der Waals surface area contributed by atoms with E-state index in [-0.39, 0.29) is 0 Å². The topological polar surface area (TPSA) is 39.9 Å². The van der Waals surface area contributed by atoms with Crippen molar-refractivity contribution in [1.82, 2.24) is 14.8 Å². The number of hydrogen-bond donors (Lipinski definition) is 0. The SMILES string of the molecule is CCn1c(CSc2ccc(C)cc2)nnc1SCCCCOc1ccc(Cl)cc1. The molecule has 0 amide bonds. The molecule has 0 aliphatic heterocycles. The minimum atomic E-state index is 0.709. The number of benzene rings is 2. The van der Waals surface area contributed by atoms with Gasteiger partial charge in [0.05, 0.1) is 12.4 Å². The summed E-state index contributed by atoms with van der Waals surface area (Å²) in [7, 11) is 0. The van der Waals surface area contributed by atoms with Crippen molar-refractivity contribution in [2.45, 2.75) is 49.0 Å². The van der Waals surface area contributed by atoms with Crippen molar-refractivity contribution in [2.75, 3.05) is 12.4 Å². The van der Waals surface area contributed by atoms with E-state index in [0.29, 0.717) is 6.61 Å². The summed E-state index contributed by atoms with van der Waals surface area (Å²) in [6.45, 7) is 5.85. The molecule has 29 heavy (non-hydrogen) atoms. The molecule has 0 unspecified atom stereocenters. The van der Waals surface area contributed by atoms with Crippen LogP contribution in [-0.4, -0.2) is 27.1 Å². The first kappa shape index (κ1) is 22.1. The lowest BCUT2D eigenvalue weighted by molar-refractivity contribution is 0.310. The van der Waals surface area contributed by atoms with Gasteiger partial charge in [0, 0.05) is 22.2 Å². The van der Waals surface area contributed by atoms with Crippen molar-refractivity contribution in [3.05, 3.63) is 64.9 Å². The zero-order valence-electron chi connectivity index (χ0n) is 16.8. The lowest BCUT2D eigenvalue weighted by Gasteiger charge is -2.08. The number of nitrogens with zero attached hydrogens (tertiary/aromatic N) is 3. The molecular formula is C22H26ClN3OS2. The standard InChI is InChI=1S/C22H26ClN3OS2/c1-3-26-21(16-29-20-12-6-17(2)7-13-20)24-25-22(26)28-15-5-4-14-27-19-10-8-18(23)9-11-19/h6-13H,3-5,14-16H2,1-2H3. The molecule has 0 N–H and O–H groups in total. The third-order valence-corrected chi connectivity index (χ3v) is 6.66. The van der Waals surface area contributed by atoms with E-state index in [4.69, 9.17) is 16.3 Å². The van der Waals surface area contributed by atoms with Gasteiger partial charge in [-0.2, -0.15) is 0 Å². The molecule has 154 valence electrons. The van der Waals surface area contributed by atoms with Crippen molar-refractivity contribution >= 4 is 35.1 Å². The van der Waals surface area contributed by atoms with Crippen LogP contribution >= 0.6 is 35.1 Å². The largest absolute Gasteiger partial charge is 0.494 e. The van der Waals surface area contributed by atoms with Crippen LogP contribution in [0, 0.1) is 6.92 Å². The summed E-state index contributed by atoms with van der Waals surface area (Å²) in [4.78, 5) is 1.26. The number of aryl methyl sites for hydroxylation is 1. The first-order valence-electron chi connectivity index (χ1n) is 9.78. The second-order valence-electron chi connectivity index (χ2n) is 6.60. The van der Waals surface area contributed by atoms with Crippen LogP contribution in [0.5, 0.6) is 5.75 Å². The number of hydrogen-bond acceptors (Lipinski definition) is 5. The van der Waals surface area contributed by atoms with E-state index in [1.807, 2.05) is 24.3 Å². The molecule has 0 bridgehead atoms. The van der Waals surface area contributed by atoms with Gasteiger partial charge in [0.2, 0.25) is 0 Å². The lowest BCUT2D eigenvalue weighted by Crippen LogP contribution is -2.03. The zero-order valence-corrected chi connectivity index (χ0v) is 19.2. The highest BCUT2D eigenvalue weighted by Crippen LogP contribution is 2.25. The van der Waals surface area contributed by atoms with Crippen LogP contribution in [0.3, 0.4) is 0 Å². The molecule has 0 saturated carbocycles. The number of ether oxygens (including phenoxy) is 1. The number of unbranched alkanes of at least 4 members (excludes halogenated alkanes) is 1. The van der Waals surface area contributed by atoms with E-state index >= 15 is 0 Å². The Labute approximate surface area is 186 Å². The number of halogens is 1. The third-order valence-electron chi connectivity index (χ3n) is 4.35. The Bertz CT molecular complexity index is 882. The maximum Gasteiger partial charge on any atom is 0.191 e. The molecule has 1 aromatic heterocycles. The smallest absolute Gasteiger partial charge is 0.191 e. The maximum absolute atomic E-state index is 5.88. The fourth-order valence-corrected chi connectivity index (χ4v) is 4.70. The molecule has 0 fully saturated rings. The highest BCUT2D eigenvalue weighted by molar-refractivity contribution is 7.99. The van der Waals surface area contributed by atoms with Crippen molar-refractivity contribution in [3.8, 4) is 5.75 Å². The highest BCUT2D eigenvalue weighted by Gasteiger charge is 2.11. The van der Waals surface area contributed by atoms with Crippen LogP contribution in [0.4, 0.5) is 0 Å². The van der Waals surface area contributed by atoms with Gasteiger partial charge in [-0.15, -0.1) is 22.0 Å². The van der Waals surface area contributed by atoms with Crippen LogP contribution in [0.1, 0.15) is 31.2 Å². The molecule has 4 nitrogen and oxygen atoms in total. The minimum absolute atomic E-state index is 0.709. The first-order chi connectivity index (χ1) is 14.2. The Morgan fingerprint density at radius 2 is 1.72 bits per heavy atom. The van der Waals surface area contributed by atoms with Crippen LogP contribution in [0.2, 0.25) is 5.02 Å². The zero-order chi connectivity index (χ0) is 20.5. The van der Waals surface area contributed by atoms with E-state index in [9.17, 15) is 0 Å². The predicted molar refractivity (Wildman–Crippen MR) is 123 cm³/mol. The average Bonchev–Trinajstić information content (AvgIpc) is 3.13. The molecule has 7 heteroatoms. The quantitative estimate of drug-likeness (QED) is 0.247. The van der Waals surface area contributed by atoms with E-state index < -0.39 is 0 Å². The number of rotatable bonds is 11. The monoisotopic (exact) mass is 447 g/mol. The second kappa shape index (κ2) is 11.5. The lowest BCUT2D eigenvalue weighted by atomic mass is 10.2. The summed E-state index contributed by atoms with van der Waals surface area (Å²) in [6, 6.07) is 16.1. The van der Waals surface area contributed by atoms with Crippen LogP contribution < -0.4 is 4.74 Å². The van der Waals surface area contributed by atoms with Gasteiger partial charge in [-0.3, -0.25) is 0 Å². The van der Waals surface area contributed by atoms with Crippen molar-refractivity contribution in [2.24, 2.45) is 0 Å². The molecule has 1 heterocycles. The molecule has 2 aromatic carbocycles. The molecule has 0 saturated heterocycles. The third kappa shape index (κ3) is 6.98. The van der Waals surface area contributed by atoms with E-state index in [1.54, 1.807) is 23.5 Å². The number of aromatic nitrogens is 3. The Hall–Kier alpha value is -1.63.